The summed E-state index contributed by atoms with van der Waals surface area (Å²) in [5.74, 6) is -2.94. The normalized spacial score (nSPS) is 12.2. The third kappa shape index (κ3) is 2.39. The van der Waals surface area contributed by atoms with Crippen molar-refractivity contribution in [1.82, 2.24) is 0 Å². The Bertz CT molecular complexity index is 695. The Morgan fingerprint density at radius 1 is 1.05 bits per heavy atom. The molecule has 0 radical (unpaired) electrons. The van der Waals surface area contributed by atoms with Crippen LogP contribution in [0.3, 0.4) is 0 Å². The predicted octanol–water partition coefficient (Wildman–Crippen LogP) is 4.85. The molecule has 0 saturated carbocycles. The van der Waals surface area contributed by atoms with Gasteiger partial charge in [0.25, 0.3) is 0 Å². The summed E-state index contributed by atoms with van der Waals surface area (Å²) in [4.78, 5) is 0. The fourth-order valence-electron chi connectivity index (χ4n) is 2.64. The van der Waals surface area contributed by atoms with E-state index < -0.39 is 17.5 Å². The Labute approximate surface area is 121 Å². The summed E-state index contributed by atoms with van der Waals surface area (Å²) < 4.78 is 46.1. The highest BCUT2D eigenvalue weighted by molar-refractivity contribution is 5.77. The first-order chi connectivity index (χ1) is 10.1. The van der Waals surface area contributed by atoms with Crippen LogP contribution >= 0.6 is 0 Å². The van der Waals surface area contributed by atoms with E-state index >= 15 is 0 Å². The summed E-state index contributed by atoms with van der Waals surface area (Å²) in [5, 5.41) is 0. The van der Waals surface area contributed by atoms with Crippen LogP contribution in [0.1, 0.15) is 30.9 Å². The highest BCUT2D eigenvalue weighted by Crippen LogP contribution is 2.40. The van der Waals surface area contributed by atoms with Crippen molar-refractivity contribution in [1.29, 1.82) is 0 Å². The third-order valence-electron chi connectivity index (χ3n) is 3.76. The standard InChI is InChI=1S/C17H15F3O/c1-2-3-6-21-11-4-5-12-10(7-11)8-14-13(12)9-15(18)17(20)16(14)19/h4-5,7,9H,2-3,6,8H2,1H3. The molecule has 1 aliphatic rings. The van der Waals surface area contributed by atoms with Gasteiger partial charge in [-0.15, -0.1) is 0 Å². The van der Waals surface area contributed by atoms with Gasteiger partial charge in [0.2, 0.25) is 0 Å². The second kappa shape index (κ2) is 5.43. The molecule has 1 nitrogen and oxygen atoms in total. The van der Waals surface area contributed by atoms with Crippen LogP contribution < -0.4 is 4.74 Å². The summed E-state index contributed by atoms with van der Waals surface area (Å²) >= 11 is 0. The predicted molar refractivity (Wildman–Crippen MR) is 75.0 cm³/mol. The fraction of sp³-hybridized carbons (Fsp3) is 0.294. The zero-order chi connectivity index (χ0) is 15.0. The van der Waals surface area contributed by atoms with E-state index in [0.717, 1.165) is 30.0 Å². The topological polar surface area (TPSA) is 9.23 Å². The molecular weight excluding hydrogens is 277 g/mol. The van der Waals surface area contributed by atoms with Crippen LogP contribution in [0.2, 0.25) is 0 Å². The Morgan fingerprint density at radius 3 is 2.62 bits per heavy atom. The van der Waals surface area contributed by atoms with Crippen molar-refractivity contribution >= 4 is 0 Å². The van der Waals surface area contributed by atoms with Crippen molar-refractivity contribution in [3.63, 3.8) is 0 Å². The van der Waals surface area contributed by atoms with Crippen molar-refractivity contribution in [3.8, 4) is 16.9 Å². The van der Waals surface area contributed by atoms with E-state index in [1.54, 1.807) is 12.1 Å². The molecule has 0 spiro atoms. The molecule has 2 aromatic rings. The minimum atomic E-state index is -1.40. The lowest BCUT2D eigenvalue weighted by molar-refractivity contribution is 0.309. The molecule has 0 amide bonds. The number of halogens is 3. The molecule has 0 aromatic heterocycles. The molecule has 3 rings (SSSR count). The van der Waals surface area contributed by atoms with Crippen LogP contribution in [0, 0.1) is 17.5 Å². The summed E-state index contributed by atoms with van der Waals surface area (Å²) in [6.45, 7) is 2.70. The van der Waals surface area contributed by atoms with Crippen molar-refractivity contribution in [2.75, 3.05) is 6.61 Å². The summed E-state index contributed by atoms with van der Waals surface area (Å²) in [6, 6.07) is 6.44. The highest BCUT2D eigenvalue weighted by atomic mass is 19.2. The highest BCUT2D eigenvalue weighted by Gasteiger charge is 2.26. The van der Waals surface area contributed by atoms with Crippen molar-refractivity contribution in [2.24, 2.45) is 0 Å². The molecule has 0 bridgehead atoms. The number of rotatable bonds is 4. The largest absolute Gasteiger partial charge is 0.494 e. The zero-order valence-corrected chi connectivity index (χ0v) is 11.7. The van der Waals surface area contributed by atoms with E-state index in [2.05, 4.69) is 6.92 Å². The van der Waals surface area contributed by atoms with Crippen LogP contribution in [-0.2, 0) is 6.42 Å². The Balaban J connectivity index is 1.95. The quantitative estimate of drug-likeness (QED) is 0.493. The van der Waals surface area contributed by atoms with Crippen molar-refractivity contribution < 1.29 is 17.9 Å². The third-order valence-corrected chi connectivity index (χ3v) is 3.76. The van der Waals surface area contributed by atoms with Crippen LogP contribution in [-0.4, -0.2) is 6.61 Å². The van der Waals surface area contributed by atoms with Crippen LogP contribution in [0.4, 0.5) is 13.2 Å². The average molecular weight is 292 g/mol. The number of benzene rings is 2. The van der Waals surface area contributed by atoms with Gasteiger partial charge in [-0.3, -0.25) is 0 Å². The lowest BCUT2D eigenvalue weighted by Gasteiger charge is -2.07. The molecule has 0 aliphatic heterocycles. The maximum absolute atomic E-state index is 13.8. The lowest BCUT2D eigenvalue weighted by atomic mass is 10.1. The first kappa shape index (κ1) is 14.0. The van der Waals surface area contributed by atoms with Crippen LogP contribution in [0.15, 0.2) is 24.3 Å². The number of hydrogen-bond donors (Lipinski definition) is 0. The average Bonchev–Trinajstić information content (AvgIpc) is 2.83. The fourth-order valence-corrected chi connectivity index (χ4v) is 2.64. The summed E-state index contributed by atoms with van der Waals surface area (Å²) in [6.07, 6.45) is 2.27. The smallest absolute Gasteiger partial charge is 0.194 e. The SMILES string of the molecule is CCCCOc1ccc2c(c1)Cc1c-2cc(F)c(F)c1F. The molecule has 0 unspecified atom stereocenters. The second-order valence-corrected chi connectivity index (χ2v) is 5.21. The van der Waals surface area contributed by atoms with E-state index in [1.165, 1.54) is 0 Å². The molecule has 2 aromatic carbocycles. The first-order valence-electron chi connectivity index (χ1n) is 7.04. The van der Waals surface area contributed by atoms with Gasteiger partial charge >= 0.3 is 0 Å². The molecule has 0 saturated heterocycles. The van der Waals surface area contributed by atoms with Gasteiger partial charge in [0.05, 0.1) is 6.61 Å². The van der Waals surface area contributed by atoms with Crippen LogP contribution in [0.25, 0.3) is 11.1 Å². The zero-order valence-electron chi connectivity index (χ0n) is 11.7. The van der Waals surface area contributed by atoms with Gasteiger partial charge in [-0.2, -0.15) is 0 Å². The minimum absolute atomic E-state index is 0.217. The van der Waals surface area contributed by atoms with Crippen LogP contribution in [0.5, 0.6) is 5.75 Å². The molecule has 21 heavy (non-hydrogen) atoms. The number of unbranched alkanes of at least 4 members (excludes halogenated alkanes) is 1. The first-order valence-corrected chi connectivity index (χ1v) is 7.04. The molecule has 0 N–H and O–H groups in total. The van der Waals surface area contributed by atoms with Crippen molar-refractivity contribution in [2.45, 2.75) is 26.2 Å². The number of hydrogen-bond acceptors (Lipinski definition) is 1. The summed E-state index contributed by atoms with van der Waals surface area (Å²) in [7, 11) is 0. The Hall–Kier alpha value is -1.97. The minimum Gasteiger partial charge on any atom is -0.494 e. The molecule has 0 heterocycles. The van der Waals surface area contributed by atoms with E-state index in [9.17, 15) is 13.2 Å². The van der Waals surface area contributed by atoms with Gasteiger partial charge in [0.15, 0.2) is 17.5 Å². The van der Waals surface area contributed by atoms with Gasteiger partial charge in [0.1, 0.15) is 5.75 Å². The maximum Gasteiger partial charge on any atom is 0.194 e. The molecule has 110 valence electrons. The lowest BCUT2D eigenvalue weighted by Crippen LogP contribution is -1.97. The van der Waals surface area contributed by atoms with Crippen molar-refractivity contribution in [3.05, 3.63) is 52.8 Å². The molecule has 4 heteroatoms. The van der Waals surface area contributed by atoms with Gasteiger partial charge in [-0.05, 0) is 41.3 Å². The van der Waals surface area contributed by atoms with Gasteiger partial charge < -0.3 is 4.74 Å². The second-order valence-electron chi connectivity index (χ2n) is 5.21. The van der Waals surface area contributed by atoms with E-state index in [4.69, 9.17) is 4.74 Å². The van der Waals surface area contributed by atoms with Gasteiger partial charge in [0, 0.05) is 12.0 Å². The maximum atomic E-state index is 13.8. The molecule has 0 atom stereocenters. The van der Waals surface area contributed by atoms with Gasteiger partial charge in [-0.25, -0.2) is 13.2 Å². The van der Waals surface area contributed by atoms with Gasteiger partial charge in [-0.1, -0.05) is 19.4 Å². The van der Waals surface area contributed by atoms with E-state index in [1.807, 2.05) is 6.07 Å². The Morgan fingerprint density at radius 2 is 1.86 bits per heavy atom. The molecular formula is C17H15F3O. The molecule has 1 aliphatic carbocycles. The number of fused-ring (bicyclic) bond motifs is 3. The molecule has 0 fully saturated rings. The number of ether oxygens (including phenoxy) is 1. The van der Waals surface area contributed by atoms with E-state index in [-0.39, 0.29) is 12.0 Å². The summed E-state index contributed by atoms with van der Waals surface area (Å²) in [5.41, 5.74) is 2.23. The Kier molecular flexibility index (Phi) is 3.62. The monoisotopic (exact) mass is 292 g/mol. The van der Waals surface area contributed by atoms with E-state index in [0.29, 0.717) is 17.9 Å².